The van der Waals surface area contributed by atoms with Crippen molar-refractivity contribution in [1.82, 2.24) is 15.1 Å². The summed E-state index contributed by atoms with van der Waals surface area (Å²) in [4.78, 5) is 0. The van der Waals surface area contributed by atoms with Crippen LogP contribution in [0.3, 0.4) is 0 Å². The Kier molecular flexibility index (Phi) is 3.54. The second-order valence-corrected chi connectivity index (χ2v) is 4.44. The largest absolute Gasteiger partial charge is 0.308 e. The molecule has 0 amide bonds. The average Bonchev–Trinajstić information content (AvgIpc) is 2.89. The Morgan fingerprint density at radius 1 is 1.50 bits per heavy atom. The van der Waals surface area contributed by atoms with Gasteiger partial charge < -0.3 is 5.32 Å². The van der Waals surface area contributed by atoms with Crippen molar-refractivity contribution in [3.63, 3.8) is 0 Å². The highest BCUT2D eigenvalue weighted by Crippen LogP contribution is 2.13. The molecule has 0 unspecified atom stereocenters. The van der Waals surface area contributed by atoms with Crippen LogP contribution in [0.15, 0.2) is 29.7 Å². The summed E-state index contributed by atoms with van der Waals surface area (Å²) in [6, 6.07) is 0. The van der Waals surface area contributed by atoms with Gasteiger partial charge in [-0.3, -0.25) is 0 Å². The van der Waals surface area contributed by atoms with Crippen molar-refractivity contribution in [2.75, 3.05) is 0 Å². The Morgan fingerprint density at radius 2 is 2.38 bits per heavy atom. The molecule has 0 aromatic carbocycles. The highest BCUT2D eigenvalue weighted by Gasteiger charge is 2.00. The zero-order valence-electron chi connectivity index (χ0n) is 9.31. The lowest BCUT2D eigenvalue weighted by Gasteiger charge is -2.02. The lowest BCUT2D eigenvalue weighted by atomic mass is 10.2. The van der Waals surface area contributed by atoms with Gasteiger partial charge in [0.05, 0.1) is 6.20 Å². The maximum Gasteiger partial charge on any atom is 0.0538 e. The van der Waals surface area contributed by atoms with Crippen LogP contribution in [0.2, 0.25) is 0 Å². The van der Waals surface area contributed by atoms with Gasteiger partial charge in [-0.05, 0) is 28.8 Å². The van der Waals surface area contributed by atoms with Gasteiger partial charge in [0.25, 0.3) is 0 Å². The Labute approximate surface area is 99.4 Å². The molecule has 0 spiro atoms. The maximum absolute atomic E-state index is 4.13. The van der Waals surface area contributed by atoms with Gasteiger partial charge in [-0.15, -0.1) is 0 Å². The minimum Gasteiger partial charge on any atom is -0.308 e. The summed E-state index contributed by atoms with van der Waals surface area (Å²) in [5.74, 6) is 0. The molecule has 0 aliphatic heterocycles. The van der Waals surface area contributed by atoms with Crippen LogP contribution in [-0.4, -0.2) is 9.78 Å². The number of thiophene rings is 1. The molecular weight excluding hydrogens is 218 g/mol. The molecule has 1 N–H and O–H groups in total. The summed E-state index contributed by atoms with van der Waals surface area (Å²) >= 11 is 1.75. The quantitative estimate of drug-likeness (QED) is 0.860. The normalized spacial score (nSPS) is 10.6. The van der Waals surface area contributed by atoms with Crippen LogP contribution in [0.5, 0.6) is 0 Å². The number of aryl methyl sites for hydroxylation is 1. The summed E-state index contributed by atoms with van der Waals surface area (Å²) in [6.45, 7) is 7.55. The van der Waals surface area contributed by atoms with E-state index in [-0.39, 0.29) is 0 Å². The van der Waals surface area contributed by atoms with Gasteiger partial charge >= 0.3 is 0 Å². The first-order valence-corrected chi connectivity index (χ1v) is 6.12. The van der Waals surface area contributed by atoms with Crippen LogP contribution in [0.4, 0.5) is 0 Å². The third-order valence-corrected chi connectivity index (χ3v) is 3.36. The molecule has 0 saturated heterocycles. The van der Waals surface area contributed by atoms with Crippen molar-refractivity contribution in [2.24, 2.45) is 0 Å². The molecule has 0 radical (unpaired) electrons. The molecule has 0 bridgehead atoms. The Morgan fingerprint density at radius 3 is 3.00 bits per heavy atom. The van der Waals surface area contributed by atoms with Gasteiger partial charge in [0.1, 0.15) is 0 Å². The number of hydrogen-bond donors (Lipinski definition) is 1. The lowest BCUT2D eigenvalue weighted by Crippen LogP contribution is -2.12. The average molecular weight is 233 g/mol. The van der Waals surface area contributed by atoms with Crippen LogP contribution in [-0.2, 0) is 13.1 Å². The molecule has 2 aromatic rings. The summed E-state index contributed by atoms with van der Waals surface area (Å²) in [5.41, 5.74) is 3.91. The van der Waals surface area contributed by atoms with Crippen molar-refractivity contribution in [3.8, 4) is 0 Å². The Hall–Kier alpha value is -1.39. The topological polar surface area (TPSA) is 29.9 Å². The molecule has 3 nitrogen and oxygen atoms in total. The smallest absolute Gasteiger partial charge is 0.0538 e. The second kappa shape index (κ2) is 5.09. The standard InChI is InChI=1S/C12H15N3S/c1-3-15-7-11(5-14-15)4-13-6-12-9-16-8-10(12)2/h3,5,7-9,13H,1,4,6H2,2H3. The van der Waals surface area contributed by atoms with Crippen molar-refractivity contribution in [1.29, 1.82) is 0 Å². The molecule has 84 valence electrons. The van der Waals surface area contributed by atoms with Gasteiger partial charge in [0, 0.05) is 31.0 Å². The molecule has 2 rings (SSSR count). The molecular formula is C12H15N3S. The van der Waals surface area contributed by atoms with E-state index in [1.165, 1.54) is 16.7 Å². The van der Waals surface area contributed by atoms with E-state index in [0.29, 0.717) is 0 Å². The zero-order valence-corrected chi connectivity index (χ0v) is 10.1. The number of aromatic nitrogens is 2. The first kappa shape index (κ1) is 11.1. The minimum absolute atomic E-state index is 0.836. The monoisotopic (exact) mass is 233 g/mol. The van der Waals surface area contributed by atoms with Crippen LogP contribution in [0.25, 0.3) is 6.20 Å². The molecule has 2 heterocycles. The van der Waals surface area contributed by atoms with Gasteiger partial charge in [-0.2, -0.15) is 16.4 Å². The fourth-order valence-electron chi connectivity index (χ4n) is 1.48. The molecule has 16 heavy (non-hydrogen) atoms. The SMILES string of the molecule is C=Cn1cc(CNCc2cscc2C)cn1. The van der Waals surface area contributed by atoms with Crippen LogP contribution >= 0.6 is 11.3 Å². The van der Waals surface area contributed by atoms with Gasteiger partial charge in [-0.25, -0.2) is 4.68 Å². The van der Waals surface area contributed by atoms with Crippen molar-refractivity contribution in [2.45, 2.75) is 20.0 Å². The molecule has 0 aliphatic carbocycles. The van der Waals surface area contributed by atoms with E-state index in [1.54, 1.807) is 22.2 Å². The maximum atomic E-state index is 4.13. The number of hydrogen-bond acceptors (Lipinski definition) is 3. The molecule has 4 heteroatoms. The fourth-order valence-corrected chi connectivity index (χ4v) is 2.33. The van der Waals surface area contributed by atoms with E-state index in [9.17, 15) is 0 Å². The molecule has 0 fully saturated rings. The Balaban J connectivity index is 1.84. The Bertz CT molecular complexity index is 470. The first-order chi connectivity index (χ1) is 7.79. The number of nitrogens with one attached hydrogen (secondary N) is 1. The van der Waals surface area contributed by atoms with Gasteiger partial charge in [0.15, 0.2) is 0 Å². The van der Waals surface area contributed by atoms with Crippen molar-refractivity contribution in [3.05, 3.63) is 46.4 Å². The highest BCUT2D eigenvalue weighted by atomic mass is 32.1. The zero-order chi connectivity index (χ0) is 11.4. The number of nitrogens with zero attached hydrogens (tertiary/aromatic N) is 2. The van der Waals surface area contributed by atoms with E-state index >= 15 is 0 Å². The minimum atomic E-state index is 0.836. The van der Waals surface area contributed by atoms with Crippen molar-refractivity contribution < 1.29 is 0 Å². The molecule has 0 saturated carbocycles. The van der Waals surface area contributed by atoms with E-state index in [0.717, 1.165) is 13.1 Å². The lowest BCUT2D eigenvalue weighted by molar-refractivity contribution is 0.692. The van der Waals surface area contributed by atoms with E-state index in [4.69, 9.17) is 0 Å². The van der Waals surface area contributed by atoms with Crippen LogP contribution in [0.1, 0.15) is 16.7 Å². The predicted octanol–water partition coefficient (Wildman–Crippen LogP) is 2.64. The summed E-state index contributed by atoms with van der Waals surface area (Å²) in [7, 11) is 0. The van der Waals surface area contributed by atoms with Crippen LogP contribution < -0.4 is 5.32 Å². The summed E-state index contributed by atoms with van der Waals surface area (Å²) < 4.78 is 1.72. The number of rotatable bonds is 5. The third-order valence-electron chi connectivity index (χ3n) is 2.45. The van der Waals surface area contributed by atoms with Gasteiger partial charge in [0.2, 0.25) is 0 Å². The molecule has 0 atom stereocenters. The van der Waals surface area contributed by atoms with Crippen LogP contribution in [0, 0.1) is 6.92 Å². The van der Waals surface area contributed by atoms with E-state index in [1.807, 2.05) is 12.4 Å². The third kappa shape index (κ3) is 2.59. The second-order valence-electron chi connectivity index (χ2n) is 3.69. The molecule has 0 aliphatic rings. The van der Waals surface area contributed by atoms with Gasteiger partial charge in [-0.1, -0.05) is 6.58 Å². The first-order valence-electron chi connectivity index (χ1n) is 5.17. The highest BCUT2D eigenvalue weighted by molar-refractivity contribution is 7.08. The van der Waals surface area contributed by atoms with Crippen molar-refractivity contribution >= 4 is 17.5 Å². The molecule has 2 aromatic heterocycles. The summed E-state index contributed by atoms with van der Waals surface area (Å²) in [6.07, 6.45) is 5.52. The predicted molar refractivity (Wildman–Crippen MR) is 68.2 cm³/mol. The van der Waals surface area contributed by atoms with E-state index < -0.39 is 0 Å². The summed E-state index contributed by atoms with van der Waals surface area (Å²) in [5, 5.41) is 11.9. The van der Waals surface area contributed by atoms with E-state index in [2.05, 4.69) is 34.7 Å². The fraction of sp³-hybridized carbons (Fsp3) is 0.250.